The highest BCUT2D eigenvalue weighted by atomic mass is 16.5. The minimum atomic E-state index is -0.769. The largest absolute Gasteiger partial charge is 0.497 e. The molecule has 2 aliphatic rings. The molecule has 1 aromatic rings. The van der Waals surface area contributed by atoms with Crippen LogP contribution in [0, 0.1) is 11.8 Å². The van der Waals surface area contributed by atoms with E-state index in [0.29, 0.717) is 50.5 Å². The van der Waals surface area contributed by atoms with Crippen molar-refractivity contribution in [2.24, 2.45) is 11.8 Å². The first-order valence-electron chi connectivity index (χ1n) is 9.86. The average Bonchev–Trinajstić information content (AvgIpc) is 3.22. The summed E-state index contributed by atoms with van der Waals surface area (Å²) >= 11 is 0. The molecule has 0 radical (unpaired) electrons. The van der Waals surface area contributed by atoms with Gasteiger partial charge in [-0.2, -0.15) is 0 Å². The zero-order valence-corrected chi connectivity index (χ0v) is 16.6. The molecule has 2 aliphatic heterocycles. The number of benzene rings is 1. The SMILES string of the molecule is COc1cc(CCC(=O)N2CCC([C@@H]3OCCC3C(=O)O)CC2)cc(OC)c1. The van der Waals surface area contributed by atoms with Crippen molar-refractivity contribution in [3.63, 3.8) is 0 Å². The smallest absolute Gasteiger partial charge is 0.309 e. The van der Waals surface area contributed by atoms with Crippen LogP contribution in [0.25, 0.3) is 0 Å². The first kappa shape index (κ1) is 20.5. The average molecular weight is 391 g/mol. The lowest BCUT2D eigenvalue weighted by Gasteiger charge is -2.35. The summed E-state index contributed by atoms with van der Waals surface area (Å²) in [5.41, 5.74) is 1.00. The fourth-order valence-corrected chi connectivity index (χ4v) is 4.24. The van der Waals surface area contributed by atoms with Gasteiger partial charge in [-0.1, -0.05) is 0 Å². The van der Waals surface area contributed by atoms with E-state index in [1.165, 1.54) is 0 Å². The normalized spacial score (nSPS) is 22.9. The third-order valence-electron chi connectivity index (χ3n) is 5.85. The van der Waals surface area contributed by atoms with Crippen molar-refractivity contribution in [1.29, 1.82) is 0 Å². The molecule has 3 rings (SSSR count). The Labute approximate surface area is 165 Å². The zero-order valence-electron chi connectivity index (χ0n) is 16.6. The van der Waals surface area contributed by atoms with Gasteiger partial charge in [0.25, 0.3) is 0 Å². The standard InChI is InChI=1S/C21H29NO6/c1-26-16-11-14(12-17(13-16)27-2)3-4-19(23)22-8-5-15(6-9-22)20-18(21(24)25)7-10-28-20/h11-13,15,18,20H,3-10H2,1-2H3,(H,24,25)/t18?,20-/m0/s1. The summed E-state index contributed by atoms with van der Waals surface area (Å²) in [7, 11) is 3.22. The number of ether oxygens (including phenoxy) is 3. The third-order valence-corrected chi connectivity index (χ3v) is 5.85. The van der Waals surface area contributed by atoms with Crippen molar-refractivity contribution in [1.82, 2.24) is 4.90 Å². The number of hydrogen-bond acceptors (Lipinski definition) is 5. The summed E-state index contributed by atoms with van der Waals surface area (Å²) in [5, 5.41) is 9.35. The van der Waals surface area contributed by atoms with Crippen molar-refractivity contribution in [3.8, 4) is 11.5 Å². The third kappa shape index (κ3) is 4.76. The number of piperidine rings is 1. The molecule has 2 atom stereocenters. The van der Waals surface area contributed by atoms with E-state index >= 15 is 0 Å². The number of hydrogen-bond donors (Lipinski definition) is 1. The van der Waals surface area contributed by atoms with Gasteiger partial charge in [0.2, 0.25) is 5.91 Å². The van der Waals surface area contributed by atoms with E-state index in [4.69, 9.17) is 14.2 Å². The molecule has 1 N–H and O–H groups in total. The first-order chi connectivity index (χ1) is 13.5. The number of carbonyl (C=O) groups excluding carboxylic acids is 1. The van der Waals surface area contributed by atoms with E-state index in [9.17, 15) is 14.7 Å². The highest BCUT2D eigenvalue weighted by molar-refractivity contribution is 5.76. The lowest BCUT2D eigenvalue weighted by atomic mass is 9.84. The van der Waals surface area contributed by atoms with Crippen molar-refractivity contribution in [3.05, 3.63) is 23.8 Å². The van der Waals surface area contributed by atoms with Gasteiger partial charge in [-0.25, -0.2) is 0 Å². The maximum Gasteiger partial charge on any atom is 0.309 e. The van der Waals surface area contributed by atoms with Gasteiger partial charge in [-0.05, 0) is 49.3 Å². The van der Waals surface area contributed by atoms with Crippen LogP contribution in [0.3, 0.4) is 0 Å². The number of carbonyl (C=O) groups is 2. The number of amides is 1. The number of aryl methyl sites for hydroxylation is 1. The Morgan fingerprint density at radius 1 is 1.11 bits per heavy atom. The number of carboxylic acids is 1. The molecule has 1 aromatic carbocycles. The van der Waals surface area contributed by atoms with Crippen molar-refractivity contribution in [2.75, 3.05) is 33.9 Å². The maximum atomic E-state index is 12.6. The van der Waals surface area contributed by atoms with Gasteiger partial charge in [-0.3, -0.25) is 9.59 Å². The number of nitrogens with zero attached hydrogens (tertiary/aromatic N) is 1. The van der Waals surface area contributed by atoms with Crippen LogP contribution >= 0.6 is 0 Å². The summed E-state index contributed by atoms with van der Waals surface area (Å²) < 4.78 is 16.3. The molecule has 154 valence electrons. The summed E-state index contributed by atoms with van der Waals surface area (Å²) in [6.45, 7) is 1.85. The predicted octanol–water partition coefficient (Wildman–Crippen LogP) is 2.36. The van der Waals surface area contributed by atoms with Gasteiger partial charge in [0.15, 0.2) is 0 Å². The summed E-state index contributed by atoms with van der Waals surface area (Å²) in [6, 6.07) is 5.66. The molecule has 1 unspecified atom stereocenters. The zero-order chi connectivity index (χ0) is 20.1. The van der Waals surface area contributed by atoms with E-state index in [1.807, 2.05) is 23.1 Å². The van der Waals surface area contributed by atoms with Crippen LogP contribution in [0.4, 0.5) is 0 Å². The highest BCUT2D eigenvalue weighted by Gasteiger charge is 2.40. The van der Waals surface area contributed by atoms with Gasteiger partial charge in [0, 0.05) is 32.2 Å². The predicted molar refractivity (Wildman–Crippen MR) is 103 cm³/mol. The topological polar surface area (TPSA) is 85.3 Å². The van der Waals surface area contributed by atoms with Crippen LogP contribution < -0.4 is 9.47 Å². The molecule has 28 heavy (non-hydrogen) atoms. The number of aliphatic carboxylic acids is 1. The van der Waals surface area contributed by atoms with Gasteiger partial charge >= 0.3 is 5.97 Å². The van der Waals surface area contributed by atoms with Crippen LogP contribution in [-0.2, 0) is 20.7 Å². The molecule has 2 saturated heterocycles. The Morgan fingerprint density at radius 2 is 1.75 bits per heavy atom. The van der Waals surface area contributed by atoms with E-state index in [1.54, 1.807) is 14.2 Å². The van der Waals surface area contributed by atoms with E-state index in [0.717, 1.165) is 18.4 Å². The summed E-state index contributed by atoms with van der Waals surface area (Å²) in [5.74, 6) is 0.599. The van der Waals surface area contributed by atoms with Crippen molar-refractivity contribution < 1.29 is 28.9 Å². The minimum Gasteiger partial charge on any atom is -0.497 e. The van der Waals surface area contributed by atoms with Crippen LogP contribution in [0.15, 0.2) is 18.2 Å². The monoisotopic (exact) mass is 391 g/mol. The molecule has 1 amide bonds. The van der Waals surface area contributed by atoms with Crippen molar-refractivity contribution >= 4 is 11.9 Å². The second-order valence-electron chi connectivity index (χ2n) is 7.51. The van der Waals surface area contributed by atoms with Gasteiger partial charge in [0.1, 0.15) is 11.5 Å². The van der Waals surface area contributed by atoms with Crippen molar-refractivity contribution in [2.45, 2.75) is 38.2 Å². The quantitative estimate of drug-likeness (QED) is 0.768. The number of methoxy groups -OCH3 is 2. The molecule has 0 bridgehead atoms. The fourth-order valence-electron chi connectivity index (χ4n) is 4.24. The van der Waals surface area contributed by atoms with Crippen LogP contribution in [0.1, 0.15) is 31.2 Å². The van der Waals surface area contributed by atoms with Gasteiger partial charge in [-0.15, -0.1) is 0 Å². The number of likely N-dealkylation sites (tertiary alicyclic amines) is 1. The lowest BCUT2D eigenvalue weighted by Crippen LogP contribution is -2.43. The molecule has 2 heterocycles. The lowest BCUT2D eigenvalue weighted by molar-refractivity contribution is -0.146. The molecular weight excluding hydrogens is 362 g/mol. The highest BCUT2D eigenvalue weighted by Crippen LogP contribution is 2.33. The first-order valence-corrected chi connectivity index (χ1v) is 9.86. The Kier molecular flexibility index (Phi) is 6.78. The van der Waals surface area contributed by atoms with Crippen LogP contribution in [0.5, 0.6) is 11.5 Å². The Balaban J connectivity index is 1.50. The number of carboxylic acid groups (broad SMARTS) is 1. The molecule has 0 aliphatic carbocycles. The second kappa shape index (κ2) is 9.28. The fraction of sp³-hybridized carbons (Fsp3) is 0.619. The van der Waals surface area contributed by atoms with E-state index < -0.39 is 11.9 Å². The van der Waals surface area contributed by atoms with E-state index in [2.05, 4.69) is 0 Å². The van der Waals surface area contributed by atoms with Gasteiger partial charge in [0.05, 0.1) is 26.2 Å². The molecule has 0 spiro atoms. The molecule has 7 heteroatoms. The summed E-state index contributed by atoms with van der Waals surface area (Å²) in [6.07, 6.45) is 3.03. The van der Waals surface area contributed by atoms with Crippen LogP contribution in [0.2, 0.25) is 0 Å². The molecule has 0 aromatic heterocycles. The molecule has 2 fully saturated rings. The Morgan fingerprint density at radius 3 is 2.32 bits per heavy atom. The Bertz CT molecular complexity index is 676. The summed E-state index contributed by atoms with van der Waals surface area (Å²) in [4.78, 5) is 25.9. The van der Waals surface area contributed by atoms with Crippen LogP contribution in [-0.4, -0.2) is 61.9 Å². The second-order valence-corrected chi connectivity index (χ2v) is 7.51. The van der Waals surface area contributed by atoms with E-state index in [-0.39, 0.29) is 17.9 Å². The molecular formula is C21H29NO6. The number of rotatable bonds is 7. The molecule has 0 saturated carbocycles. The minimum absolute atomic E-state index is 0.127. The Hall–Kier alpha value is -2.28. The maximum absolute atomic E-state index is 12.6. The molecule has 7 nitrogen and oxygen atoms in total. The van der Waals surface area contributed by atoms with Gasteiger partial charge < -0.3 is 24.2 Å².